The third kappa shape index (κ3) is 3.79. The van der Waals surface area contributed by atoms with Crippen LogP contribution in [0.5, 0.6) is 11.5 Å². The molecule has 2 amide bonds. The van der Waals surface area contributed by atoms with E-state index in [1.165, 1.54) is 5.56 Å². The Bertz CT molecular complexity index is 675. The number of aromatic hydroxyl groups is 1. The third-order valence-electron chi connectivity index (χ3n) is 4.49. The zero-order valence-corrected chi connectivity index (χ0v) is 13.7. The summed E-state index contributed by atoms with van der Waals surface area (Å²) in [6.07, 6.45) is 1.86. The first kappa shape index (κ1) is 16.2. The molecule has 1 heterocycles. The Kier molecular flexibility index (Phi) is 4.89. The maximum Gasteiger partial charge on any atom is 0.321 e. The van der Waals surface area contributed by atoms with Crippen LogP contribution in [0.15, 0.2) is 48.5 Å². The van der Waals surface area contributed by atoms with E-state index < -0.39 is 0 Å². The van der Waals surface area contributed by atoms with Crippen LogP contribution in [0.2, 0.25) is 0 Å². The number of urea groups is 1. The van der Waals surface area contributed by atoms with Crippen LogP contribution in [0.3, 0.4) is 0 Å². The average molecular weight is 326 g/mol. The number of carbonyl (C=O) groups excluding carboxylic acids is 1. The van der Waals surface area contributed by atoms with Crippen molar-refractivity contribution in [2.75, 3.05) is 25.5 Å². The van der Waals surface area contributed by atoms with Gasteiger partial charge < -0.3 is 20.1 Å². The first-order valence-electron chi connectivity index (χ1n) is 8.14. The average Bonchev–Trinajstić information content (AvgIpc) is 2.63. The minimum absolute atomic E-state index is 0.0654. The normalized spacial score (nSPS) is 15.1. The van der Waals surface area contributed by atoms with Crippen molar-refractivity contribution >= 4 is 11.7 Å². The number of methoxy groups -OCH3 is 1. The van der Waals surface area contributed by atoms with E-state index >= 15 is 0 Å². The number of nitrogens with one attached hydrogen (secondary N) is 1. The number of hydrogen-bond acceptors (Lipinski definition) is 3. The Labute approximate surface area is 141 Å². The van der Waals surface area contributed by atoms with E-state index in [0.29, 0.717) is 5.92 Å². The number of piperidine rings is 1. The van der Waals surface area contributed by atoms with Gasteiger partial charge in [0.2, 0.25) is 0 Å². The van der Waals surface area contributed by atoms with Gasteiger partial charge in [0, 0.05) is 18.8 Å². The summed E-state index contributed by atoms with van der Waals surface area (Å²) in [4.78, 5) is 14.2. The molecule has 5 heteroatoms. The number of nitrogens with zero attached hydrogens (tertiary/aromatic N) is 1. The molecule has 0 aromatic heterocycles. The maximum atomic E-state index is 12.4. The molecule has 1 saturated heterocycles. The van der Waals surface area contributed by atoms with Crippen LogP contribution in [0.1, 0.15) is 24.3 Å². The molecule has 1 aliphatic heterocycles. The van der Waals surface area contributed by atoms with E-state index in [9.17, 15) is 9.90 Å². The monoisotopic (exact) mass is 326 g/mol. The van der Waals surface area contributed by atoms with Crippen LogP contribution in [0, 0.1) is 0 Å². The van der Waals surface area contributed by atoms with E-state index in [0.717, 1.165) is 37.4 Å². The number of ether oxygens (including phenoxy) is 1. The molecule has 0 radical (unpaired) electrons. The first-order valence-corrected chi connectivity index (χ1v) is 8.14. The molecule has 0 unspecified atom stereocenters. The molecule has 0 spiro atoms. The molecular formula is C19H22N2O3. The van der Waals surface area contributed by atoms with Gasteiger partial charge in [-0.05, 0) is 60.7 Å². The van der Waals surface area contributed by atoms with Crippen LogP contribution >= 0.6 is 0 Å². The highest BCUT2D eigenvalue weighted by molar-refractivity contribution is 5.89. The highest BCUT2D eigenvalue weighted by atomic mass is 16.5. The fraction of sp³-hybridized carbons (Fsp3) is 0.316. The number of anilines is 1. The fourth-order valence-electron chi connectivity index (χ4n) is 3.04. The van der Waals surface area contributed by atoms with Gasteiger partial charge in [0.15, 0.2) is 0 Å². The van der Waals surface area contributed by atoms with Crippen molar-refractivity contribution in [1.29, 1.82) is 0 Å². The summed E-state index contributed by atoms with van der Waals surface area (Å²) in [7, 11) is 1.62. The van der Waals surface area contributed by atoms with E-state index in [1.54, 1.807) is 19.2 Å². The molecule has 2 aromatic rings. The van der Waals surface area contributed by atoms with Gasteiger partial charge in [-0.2, -0.15) is 0 Å². The van der Waals surface area contributed by atoms with Crippen LogP contribution in [-0.2, 0) is 0 Å². The van der Waals surface area contributed by atoms with E-state index in [-0.39, 0.29) is 11.8 Å². The lowest BCUT2D eigenvalue weighted by molar-refractivity contribution is 0.194. The second-order valence-corrected chi connectivity index (χ2v) is 6.01. The Morgan fingerprint density at radius 3 is 2.29 bits per heavy atom. The van der Waals surface area contributed by atoms with Crippen molar-refractivity contribution in [2.45, 2.75) is 18.8 Å². The molecule has 0 atom stereocenters. The molecule has 3 rings (SSSR count). The minimum atomic E-state index is -0.0654. The summed E-state index contributed by atoms with van der Waals surface area (Å²) in [6, 6.07) is 14.6. The number of hydrogen-bond donors (Lipinski definition) is 2. The lowest BCUT2D eigenvalue weighted by Gasteiger charge is -2.32. The summed E-state index contributed by atoms with van der Waals surface area (Å²) < 4.78 is 5.11. The van der Waals surface area contributed by atoms with Crippen LogP contribution < -0.4 is 10.1 Å². The quantitative estimate of drug-likeness (QED) is 0.901. The molecule has 2 N–H and O–H groups in total. The predicted molar refractivity (Wildman–Crippen MR) is 93.7 cm³/mol. The molecular weight excluding hydrogens is 304 g/mol. The summed E-state index contributed by atoms with van der Waals surface area (Å²) in [5.74, 6) is 1.49. The highest BCUT2D eigenvalue weighted by Crippen LogP contribution is 2.29. The lowest BCUT2D eigenvalue weighted by atomic mass is 9.89. The van der Waals surface area contributed by atoms with Gasteiger partial charge in [0.05, 0.1) is 7.11 Å². The SMILES string of the molecule is COc1ccc(NC(=O)N2CCC(c3ccc(O)cc3)CC2)cc1. The third-order valence-corrected chi connectivity index (χ3v) is 4.49. The van der Waals surface area contributed by atoms with Crippen molar-refractivity contribution in [3.8, 4) is 11.5 Å². The van der Waals surface area contributed by atoms with E-state index in [1.807, 2.05) is 41.3 Å². The lowest BCUT2D eigenvalue weighted by Crippen LogP contribution is -2.40. The summed E-state index contributed by atoms with van der Waals surface area (Å²) >= 11 is 0. The minimum Gasteiger partial charge on any atom is -0.508 e. The molecule has 0 aliphatic carbocycles. The number of benzene rings is 2. The van der Waals surface area contributed by atoms with Gasteiger partial charge in [-0.1, -0.05) is 12.1 Å². The Morgan fingerprint density at radius 2 is 1.71 bits per heavy atom. The largest absolute Gasteiger partial charge is 0.508 e. The maximum absolute atomic E-state index is 12.4. The van der Waals surface area contributed by atoms with Gasteiger partial charge in [0.1, 0.15) is 11.5 Å². The molecule has 24 heavy (non-hydrogen) atoms. The Balaban J connectivity index is 1.53. The zero-order valence-electron chi connectivity index (χ0n) is 13.7. The summed E-state index contributed by atoms with van der Waals surface area (Å²) in [5, 5.41) is 12.3. The Morgan fingerprint density at radius 1 is 1.08 bits per heavy atom. The molecule has 0 bridgehead atoms. The number of amides is 2. The molecule has 126 valence electrons. The number of carbonyl (C=O) groups is 1. The van der Waals surface area contributed by atoms with Gasteiger partial charge in [-0.3, -0.25) is 0 Å². The van der Waals surface area contributed by atoms with Crippen LogP contribution in [-0.4, -0.2) is 36.2 Å². The van der Waals surface area contributed by atoms with Crippen LogP contribution in [0.4, 0.5) is 10.5 Å². The van der Waals surface area contributed by atoms with Gasteiger partial charge >= 0.3 is 6.03 Å². The van der Waals surface area contributed by atoms with E-state index in [4.69, 9.17) is 4.74 Å². The smallest absolute Gasteiger partial charge is 0.321 e. The van der Waals surface area contributed by atoms with Crippen molar-refractivity contribution in [3.05, 3.63) is 54.1 Å². The second-order valence-electron chi connectivity index (χ2n) is 6.01. The fourth-order valence-corrected chi connectivity index (χ4v) is 3.04. The summed E-state index contributed by atoms with van der Waals surface area (Å²) in [6.45, 7) is 1.46. The number of phenolic OH excluding ortho intramolecular Hbond substituents is 1. The van der Waals surface area contributed by atoms with Crippen molar-refractivity contribution in [3.63, 3.8) is 0 Å². The zero-order chi connectivity index (χ0) is 16.9. The van der Waals surface area contributed by atoms with Gasteiger partial charge in [-0.25, -0.2) is 4.79 Å². The van der Waals surface area contributed by atoms with Gasteiger partial charge in [0.25, 0.3) is 0 Å². The topological polar surface area (TPSA) is 61.8 Å². The Hall–Kier alpha value is -2.69. The van der Waals surface area contributed by atoms with Crippen molar-refractivity contribution in [1.82, 2.24) is 4.90 Å². The molecule has 1 fully saturated rings. The molecule has 2 aromatic carbocycles. The van der Waals surface area contributed by atoms with E-state index in [2.05, 4.69) is 5.32 Å². The first-order chi connectivity index (χ1) is 11.7. The van der Waals surface area contributed by atoms with Crippen molar-refractivity contribution in [2.24, 2.45) is 0 Å². The molecule has 5 nitrogen and oxygen atoms in total. The second kappa shape index (κ2) is 7.25. The summed E-state index contributed by atoms with van der Waals surface area (Å²) in [5.41, 5.74) is 1.99. The standard InChI is InChI=1S/C19H22N2O3/c1-24-18-8-4-16(5-9-18)20-19(23)21-12-10-15(11-13-21)14-2-6-17(22)7-3-14/h2-9,15,22H,10-13H2,1H3,(H,20,23). The predicted octanol–water partition coefficient (Wildman–Crippen LogP) is 3.81. The highest BCUT2D eigenvalue weighted by Gasteiger charge is 2.23. The molecule has 1 aliphatic rings. The molecule has 0 saturated carbocycles. The van der Waals surface area contributed by atoms with Crippen LogP contribution in [0.25, 0.3) is 0 Å². The van der Waals surface area contributed by atoms with Crippen molar-refractivity contribution < 1.29 is 14.6 Å². The number of likely N-dealkylation sites (tertiary alicyclic amines) is 1. The number of rotatable bonds is 3. The number of phenols is 1. The van der Waals surface area contributed by atoms with Gasteiger partial charge in [-0.15, -0.1) is 0 Å².